The van der Waals surface area contributed by atoms with Crippen LogP contribution in [0, 0.1) is 5.92 Å². The first-order valence-corrected chi connectivity index (χ1v) is 5.61. The zero-order valence-corrected chi connectivity index (χ0v) is 10.6. The number of amides is 1. The van der Waals surface area contributed by atoms with Gasteiger partial charge in [0.2, 0.25) is 5.91 Å². The summed E-state index contributed by atoms with van der Waals surface area (Å²) in [6, 6.07) is 2.02. The average Bonchev–Trinajstić information content (AvgIpc) is 2.67. The largest absolute Gasteiger partial charge is 0.352 e. The monoisotopic (exact) mass is 248 g/mol. The summed E-state index contributed by atoms with van der Waals surface area (Å²) in [5, 5.41) is 9.94. The molecule has 15 heavy (non-hydrogen) atoms. The van der Waals surface area contributed by atoms with Gasteiger partial charge in [-0.2, -0.15) is 11.3 Å². The Hall–Kier alpha value is -0.580. The summed E-state index contributed by atoms with van der Waals surface area (Å²) < 4.78 is 0. The molecular formula is C10H17ClN2OS. The third-order valence-corrected chi connectivity index (χ3v) is 2.74. The molecule has 0 aliphatic carbocycles. The Morgan fingerprint density at radius 1 is 1.60 bits per heavy atom. The molecule has 0 saturated carbocycles. The smallest absolute Gasteiger partial charge is 0.224 e. The number of hydrogen-bond donors (Lipinski definition) is 2. The molecule has 1 rings (SSSR count). The number of nitrogens with one attached hydrogen (secondary N) is 2. The van der Waals surface area contributed by atoms with Crippen molar-refractivity contribution in [1.29, 1.82) is 0 Å². The lowest BCUT2D eigenvalue weighted by Gasteiger charge is -2.10. The normalized spacial score (nSPS) is 11.6. The Kier molecular flexibility index (Phi) is 7.38. The highest BCUT2D eigenvalue weighted by molar-refractivity contribution is 7.07. The van der Waals surface area contributed by atoms with Gasteiger partial charge in [-0.05, 0) is 29.4 Å². The maximum absolute atomic E-state index is 11.5. The van der Waals surface area contributed by atoms with E-state index in [1.165, 1.54) is 5.56 Å². The predicted molar refractivity (Wildman–Crippen MR) is 66.5 cm³/mol. The molecule has 1 unspecified atom stereocenters. The first-order valence-electron chi connectivity index (χ1n) is 4.67. The second-order valence-electron chi connectivity index (χ2n) is 3.31. The van der Waals surface area contributed by atoms with Crippen LogP contribution >= 0.6 is 23.7 Å². The van der Waals surface area contributed by atoms with Gasteiger partial charge in [-0.1, -0.05) is 6.92 Å². The molecule has 0 radical (unpaired) electrons. The van der Waals surface area contributed by atoms with Crippen LogP contribution in [0.1, 0.15) is 12.5 Å². The molecule has 3 nitrogen and oxygen atoms in total. The van der Waals surface area contributed by atoms with E-state index < -0.39 is 0 Å². The fourth-order valence-corrected chi connectivity index (χ4v) is 1.82. The van der Waals surface area contributed by atoms with E-state index >= 15 is 0 Å². The van der Waals surface area contributed by atoms with Gasteiger partial charge in [0.15, 0.2) is 0 Å². The highest BCUT2D eigenvalue weighted by atomic mass is 35.5. The summed E-state index contributed by atoms with van der Waals surface area (Å²) in [6.07, 6.45) is 0. The van der Waals surface area contributed by atoms with Crippen molar-refractivity contribution < 1.29 is 4.79 Å². The number of thiophene rings is 1. The Labute approximate surface area is 101 Å². The van der Waals surface area contributed by atoms with Crippen LogP contribution in [0.3, 0.4) is 0 Å². The fourth-order valence-electron chi connectivity index (χ4n) is 1.16. The quantitative estimate of drug-likeness (QED) is 0.832. The van der Waals surface area contributed by atoms with Crippen LogP contribution in [0.25, 0.3) is 0 Å². The third-order valence-electron chi connectivity index (χ3n) is 2.00. The molecule has 1 atom stereocenters. The van der Waals surface area contributed by atoms with Gasteiger partial charge in [0, 0.05) is 19.0 Å². The van der Waals surface area contributed by atoms with Gasteiger partial charge < -0.3 is 10.6 Å². The maximum atomic E-state index is 11.5. The summed E-state index contributed by atoms with van der Waals surface area (Å²) in [6.45, 7) is 3.27. The predicted octanol–water partition coefficient (Wildman–Crippen LogP) is 1.64. The Bertz CT molecular complexity index is 277. The van der Waals surface area contributed by atoms with Crippen molar-refractivity contribution >= 4 is 29.7 Å². The van der Waals surface area contributed by atoms with E-state index in [1.807, 2.05) is 30.8 Å². The molecular weight excluding hydrogens is 232 g/mol. The first-order chi connectivity index (χ1) is 6.74. The van der Waals surface area contributed by atoms with Crippen LogP contribution in [-0.4, -0.2) is 19.5 Å². The molecule has 0 aliphatic heterocycles. The molecule has 1 amide bonds. The zero-order chi connectivity index (χ0) is 10.4. The highest BCUT2D eigenvalue weighted by Crippen LogP contribution is 2.05. The zero-order valence-electron chi connectivity index (χ0n) is 8.95. The van der Waals surface area contributed by atoms with Gasteiger partial charge in [-0.25, -0.2) is 0 Å². The molecule has 0 bridgehead atoms. The number of halogens is 1. The summed E-state index contributed by atoms with van der Waals surface area (Å²) in [7, 11) is 1.85. The lowest BCUT2D eigenvalue weighted by Crippen LogP contribution is -2.33. The van der Waals surface area contributed by atoms with Crippen LogP contribution in [-0.2, 0) is 11.3 Å². The standard InChI is InChI=1S/C10H16N2OS.ClH/c1-8(5-11-2)10(13)12-6-9-3-4-14-7-9;/h3-4,7-8,11H,5-6H2,1-2H3,(H,12,13);1H. The molecule has 0 aromatic carbocycles. The summed E-state index contributed by atoms with van der Waals surface area (Å²) in [5.74, 6) is 0.129. The highest BCUT2D eigenvalue weighted by Gasteiger charge is 2.10. The van der Waals surface area contributed by atoms with Gasteiger partial charge in [-0.15, -0.1) is 12.4 Å². The molecule has 0 aliphatic rings. The van der Waals surface area contributed by atoms with E-state index in [-0.39, 0.29) is 24.2 Å². The molecule has 1 aromatic heterocycles. The van der Waals surface area contributed by atoms with Crippen LogP contribution in [0.5, 0.6) is 0 Å². The van der Waals surface area contributed by atoms with E-state index in [2.05, 4.69) is 10.6 Å². The number of carbonyl (C=O) groups excluding carboxylic acids is 1. The van der Waals surface area contributed by atoms with Crippen molar-refractivity contribution in [3.05, 3.63) is 22.4 Å². The summed E-state index contributed by atoms with van der Waals surface area (Å²) >= 11 is 1.65. The topological polar surface area (TPSA) is 41.1 Å². The molecule has 0 saturated heterocycles. The van der Waals surface area contributed by atoms with Crippen molar-refractivity contribution in [2.24, 2.45) is 5.92 Å². The summed E-state index contributed by atoms with van der Waals surface area (Å²) in [4.78, 5) is 11.5. The van der Waals surface area contributed by atoms with E-state index in [1.54, 1.807) is 11.3 Å². The molecule has 2 N–H and O–H groups in total. The van der Waals surface area contributed by atoms with Gasteiger partial charge >= 0.3 is 0 Å². The van der Waals surface area contributed by atoms with Crippen molar-refractivity contribution in [3.63, 3.8) is 0 Å². The minimum absolute atomic E-state index is 0. The summed E-state index contributed by atoms with van der Waals surface area (Å²) in [5.41, 5.74) is 1.17. The number of carbonyl (C=O) groups is 1. The molecule has 5 heteroatoms. The van der Waals surface area contributed by atoms with E-state index in [0.717, 1.165) is 6.54 Å². The van der Waals surface area contributed by atoms with Crippen LogP contribution < -0.4 is 10.6 Å². The van der Waals surface area contributed by atoms with Gasteiger partial charge in [-0.3, -0.25) is 4.79 Å². The van der Waals surface area contributed by atoms with Crippen LogP contribution in [0.4, 0.5) is 0 Å². The van der Waals surface area contributed by atoms with Crippen LogP contribution in [0.15, 0.2) is 16.8 Å². The Morgan fingerprint density at radius 3 is 2.87 bits per heavy atom. The van der Waals surface area contributed by atoms with Crippen molar-refractivity contribution in [1.82, 2.24) is 10.6 Å². The molecule has 0 spiro atoms. The van der Waals surface area contributed by atoms with E-state index in [0.29, 0.717) is 6.54 Å². The molecule has 0 fully saturated rings. The second kappa shape index (κ2) is 7.68. The number of rotatable bonds is 5. The maximum Gasteiger partial charge on any atom is 0.224 e. The number of hydrogen-bond acceptors (Lipinski definition) is 3. The minimum Gasteiger partial charge on any atom is -0.352 e. The first kappa shape index (κ1) is 14.4. The Balaban J connectivity index is 0.00000196. The minimum atomic E-state index is 0. The van der Waals surface area contributed by atoms with Crippen molar-refractivity contribution in [3.8, 4) is 0 Å². The Morgan fingerprint density at radius 2 is 2.33 bits per heavy atom. The SMILES string of the molecule is CNCC(C)C(=O)NCc1ccsc1.Cl. The van der Waals surface area contributed by atoms with Gasteiger partial charge in [0.05, 0.1) is 0 Å². The van der Waals surface area contributed by atoms with E-state index in [4.69, 9.17) is 0 Å². The van der Waals surface area contributed by atoms with Crippen molar-refractivity contribution in [2.75, 3.05) is 13.6 Å². The third kappa shape index (κ3) is 5.16. The van der Waals surface area contributed by atoms with Gasteiger partial charge in [0.1, 0.15) is 0 Å². The fraction of sp³-hybridized carbons (Fsp3) is 0.500. The molecule has 86 valence electrons. The average molecular weight is 249 g/mol. The van der Waals surface area contributed by atoms with Crippen molar-refractivity contribution in [2.45, 2.75) is 13.5 Å². The molecule has 1 heterocycles. The molecule has 1 aromatic rings. The lowest BCUT2D eigenvalue weighted by atomic mass is 10.1. The van der Waals surface area contributed by atoms with Crippen LogP contribution in [0.2, 0.25) is 0 Å². The lowest BCUT2D eigenvalue weighted by molar-refractivity contribution is -0.124. The van der Waals surface area contributed by atoms with E-state index in [9.17, 15) is 4.79 Å². The van der Waals surface area contributed by atoms with Gasteiger partial charge in [0.25, 0.3) is 0 Å². The second-order valence-corrected chi connectivity index (χ2v) is 4.09.